The Morgan fingerprint density at radius 1 is 0.420 bits per heavy atom. The molecule has 0 aromatic heterocycles. The molecule has 12 heteroatoms. The van der Waals surface area contributed by atoms with Crippen LogP contribution in [0.5, 0.6) is 0 Å². The molecule has 0 aromatic carbocycles. The van der Waals surface area contributed by atoms with Crippen LogP contribution in [0, 0.1) is 0 Å². The van der Waals surface area contributed by atoms with Crippen LogP contribution in [0.2, 0.25) is 0 Å². The number of esters is 3. The van der Waals surface area contributed by atoms with Crippen molar-refractivity contribution in [2.45, 2.75) is 314 Å². The number of ether oxygens (including phenoxy) is 5. The van der Waals surface area contributed by atoms with Crippen molar-refractivity contribution < 1.29 is 58.2 Å². The summed E-state index contributed by atoms with van der Waals surface area (Å²) >= 11 is 0. The number of carbonyl (C=O) groups excluding carboxylic acids is 3. The second-order valence-electron chi connectivity index (χ2n) is 22.0. The summed E-state index contributed by atoms with van der Waals surface area (Å²) in [6, 6.07) is 0. The highest BCUT2D eigenvalue weighted by molar-refractivity contribution is 5.74. The van der Waals surface area contributed by atoms with Gasteiger partial charge in [-0.1, -0.05) is 247 Å². The summed E-state index contributed by atoms with van der Waals surface area (Å²) in [5.41, 5.74) is 0. The fourth-order valence-corrected chi connectivity index (χ4v) is 9.48. The van der Waals surface area contributed by atoms with Gasteiger partial charge in [0.15, 0.2) is 24.6 Å². The monoisotopic (exact) mass is 1140 g/mol. The average molecular weight is 1140 g/mol. The maximum absolute atomic E-state index is 13.2. The van der Waals surface area contributed by atoms with Crippen LogP contribution >= 0.6 is 0 Å². The number of aliphatic hydroxyl groups excluding tert-OH is 2. The van der Waals surface area contributed by atoms with E-state index in [9.17, 15) is 34.5 Å². The summed E-state index contributed by atoms with van der Waals surface area (Å²) in [6.45, 7) is 5.86. The second kappa shape index (κ2) is 56.4. The molecule has 1 aliphatic heterocycles. The Kier molecular flexibility index (Phi) is 52.1. The van der Waals surface area contributed by atoms with Gasteiger partial charge >= 0.3 is 23.9 Å². The first-order chi connectivity index (χ1) is 39.6. The molecule has 0 aromatic rings. The van der Waals surface area contributed by atoms with E-state index in [1.54, 1.807) is 0 Å². The van der Waals surface area contributed by atoms with Gasteiger partial charge in [0.1, 0.15) is 18.8 Å². The minimum absolute atomic E-state index is 0.0295. The number of aliphatic carboxylic acids is 1. The molecule has 1 aliphatic rings. The summed E-state index contributed by atoms with van der Waals surface area (Å²) in [5.74, 6) is -3.16. The van der Waals surface area contributed by atoms with Crippen LogP contribution in [0.4, 0.5) is 0 Å². The number of hydrogen-bond donors (Lipinski definition) is 3. The number of allylic oxidation sites excluding steroid dienone is 14. The smallest absolute Gasteiger partial charge is 0.335 e. The van der Waals surface area contributed by atoms with Crippen molar-refractivity contribution in [1.82, 2.24) is 0 Å². The highest BCUT2D eigenvalue weighted by Crippen LogP contribution is 2.27. The van der Waals surface area contributed by atoms with Crippen LogP contribution in [-0.2, 0) is 42.9 Å². The minimum atomic E-state index is -1.92. The van der Waals surface area contributed by atoms with E-state index >= 15 is 0 Å². The first kappa shape index (κ1) is 74.9. The lowest BCUT2D eigenvalue weighted by Crippen LogP contribution is -2.61. The van der Waals surface area contributed by atoms with E-state index < -0.39 is 67.3 Å². The van der Waals surface area contributed by atoms with E-state index in [1.165, 1.54) is 96.3 Å². The van der Waals surface area contributed by atoms with Gasteiger partial charge in [-0.3, -0.25) is 14.4 Å². The zero-order valence-electron chi connectivity index (χ0n) is 51.3. The Morgan fingerprint density at radius 2 is 0.778 bits per heavy atom. The molecule has 0 saturated carbocycles. The predicted molar refractivity (Wildman–Crippen MR) is 331 cm³/mol. The van der Waals surface area contributed by atoms with E-state index in [-0.39, 0.29) is 25.9 Å². The summed E-state index contributed by atoms with van der Waals surface area (Å²) in [6.07, 6.45) is 61.0. The van der Waals surface area contributed by atoms with Gasteiger partial charge in [-0.15, -0.1) is 0 Å². The number of hydrogen-bond acceptors (Lipinski definition) is 11. The molecule has 464 valence electrons. The quantitative estimate of drug-likeness (QED) is 0.0228. The molecular formula is C69H116O12. The van der Waals surface area contributed by atoms with E-state index in [0.717, 1.165) is 122 Å². The lowest BCUT2D eigenvalue weighted by molar-refractivity contribution is -0.301. The molecule has 81 heavy (non-hydrogen) atoms. The van der Waals surface area contributed by atoms with Gasteiger partial charge < -0.3 is 39.0 Å². The average Bonchev–Trinajstić information content (AvgIpc) is 3.53. The molecular weight excluding hydrogens is 1020 g/mol. The Bertz CT molecular complexity index is 1730. The summed E-state index contributed by atoms with van der Waals surface area (Å²) in [7, 11) is 0. The lowest BCUT2D eigenvalue weighted by atomic mass is 9.98. The van der Waals surface area contributed by atoms with Crippen molar-refractivity contribution in [3.8, 4) is 0 Å². The zero-order valence-corrected chi connectivity index (χ0v) is 51.3. The van der Waals surface area contributed by atoms with Gasteiger partial charge in [0.25, 0.3) is 0 Å². The zero-order chi connectivity index (χ0) is 58.9. The number of carbonyl (C=O) groups is 4. The SMILES string of the molecule is CC/C=C\C/C=C\C/C=C\C/C=C\CCCCCCC(=O)OC1C(OCC(COC(=O)CCCCCCCC/C=C\C/C=C\C/C=C\CCCCC)OC(=O)CCCCCCCCCCCCCCCCC)OC(C(=O)O)C(O)C1O. The van der Waals surface area contributed by atoms with Gasteiger partial charge in [0.05, 0.1) is 6.61 Å². The van der Waals surface area contributed by atoms with Gasteiger partial charge in [0, 0.05) is 19.3 Å². The molecule has 3 N–H and O–H groups in total. The first-order valence-electron chi connectivity index (χ1n) is 32.6. The number of rotatable bonds is 55. The molecule has 1 saturated heterocycles. The molecule has 6 atom stereocenters. The predicted octanol–water partition coefficient (Wildman–Crippen LogP) is 17.5. The van der Waals surface area contributed by atoms with E-state index in [2.05, 4.69) is 106 Å². The van der Waals surface area contributed by atoms with Crippen molar-refractivity contribution in [2.75, 3.05) is 13.2 Å². The third-order valence-corrected chi connectivity index (χ3v) is 14.5. The third-order valence-electron chi connectivity index (χ3n) is 14.5. The van der Waals surface area contributed by atoms with Crippen LogP contribution in [0.1, 0.15) is 278 Å². The molecule has 1 fully saturated rings. The van der Waals surface area contributed by atoms with Crippen LogP contribution in [-0.4, -0.2) is 89.2 Å². The molecule has 0 spiro atoms. The van der Waals surface area contributed by atoms with Crippen LogP contribution < -0.4 is 0 Å². The summed E-state index contributed by atoms with van der Waals surface area (Å²) in [5, 5.41) is 31.6. The van der Waals surface area contributed by atoms with Gasteiger partial charge in [-0.2, -0.15) is 0 Å². The third kappa shape index (κ3) is 46.0. The van der Waals surface area contributed by atoms with Crippen molar-refractivity contribution in [3.63, 3.8) is 0 Å². The van der Waals surface area contributed by atoms with E-state index in [4.69, 9.17) is 23.7 Å². The summed E-state index contributed by atoms with van der Waals surface area (Å²) in [4.78, 5) is 51.3. The van der Waals surface area contributed by atoms with Gasteiger partial charge in [-0.05, 0) is 96.3 Å². The van der Waals surface area contributed by atoms with Crippen LogP contribution in [0.15, 0.2) is 85.1 Å². The highest BCUT2D eigenvalue weighted by atomic mass is 16.7. The maximum Gasteiger partial charge on any atom is 0.335 e. The lowest BCUT2D eigenvalue weighted by Gasteiger charge is -2.40. The molecule has 1 rings (SSSR count). The van der Waals surface area contributed by atoms with E-state index in [0.29, 0.717) is 19.3 Å². The fraction of sp³-hybridized carbons (Fsp3) is 0.739. The Balaban J connectivity index is 2.68. The fourth-order valence-electron chi connectivity index (χ4n) is 9.48. The number of unbranched alkanes of at least 4 members (excludes halogenated alkanes) is 27. The number of carboxylic acid groups (broad SMARTS) is 1. The van der Waals surface area contributed by atoms with Gasteiger partial charge in [-0.25, -0.2) is 4.79 Å². The molecule has 0 aliphatic carbocycles. The Labute approximate surface area is 492 Å². The van der Waals surface area contributed by atoms with Crippen molar-refractivity contribution >= 4 is 23.9 Å². The molecule has 6 unspecified atom stereocenters. The minimum Gasteiger partial charge on any atom is -0.479 e. The summed E-state index contributed by atoms with van der Waals surface area (Å²) < 4.78 is 28.5. The topological polar surface area (TPSA) is 175 Å². The Hall–Kier alpha value is -4.10. The van der Waals surface area contributed by atoms with Crippen LogP contribution in [0.25, 0.3) is 0 Å². The Morgan fingerprint density at radius 3 is 1.21 bits per heavy atom. The number of aliphatic hydroxyl groups is 2. The van der Waals surface area contributed by atoms with Crippen molar-refractivity contribution in [1.29, 1.82) is 0 Å². The maximum atomic E-state index is 13.2. The highest BCUT2D eigenvalue weighted by Gasteiger charge is 2.50. The molecule has 0 amide bonds. The normalized spacial score (nSPS) is 18.3. The molecule has 1 heterocycles. The number of carboxylic acids is 1. The molecule has 0 bridgehead atoms. The van der Waals surface area contributed by atoms with Gasteiger partial charge in [0.2, 0.25) is 0 Å². The van der Waals surface area contributed by atoms with E-state index in [1.807, 2.05) is 0 Å². The standard InChI is InChI=1S/C69H116O12/c1-4-7-10-13-16-19-22-25-28-30-31-33-35-37-40-43-46-49-52-55-61(70)77-58-60(79-62(71)56-53-50-47-44-41-38-34-27-24-21-18-15-12-9-6-3)59-78-69-67(65(74)64(73)66(81-69)68(75)76)80-63(72)57-54-51-48-45-42-39-36-32-29-26-23-20-17-14-11-8-5-2/h8,11,16-17,19-20,25-26,28-29,31,33,36,39,60,64-67,69,73-74H,4-7,9-10,12-15,18,21-24,27,30,32,34-35,37-38,40-59H2,1-3H3,(H,75,76)/b11-8-,19-16-,20-17-,28-25-,29-26-,33-31-,39-36-. The largest absolute Gasteiger partial charge is 0.479 e. The second-order valence-corrected chi connectivity index (χ2v) is 22.0. The van der Waals surface area contributed by atoms with Crippen molar-refractivity contribution in [3.05, 3.63) is 85.1 Å². The van der Waals surface area contributed by atoms with Crippen LogP contribution in [0.3, 0.4) is 0 Å². The molecule has 12 nitrogen and oxygen atoms in total. The van der Waals surface area contributed by atoms with Crippen molar-refractivity contribution in [2.24, 2.45) is 0 Å². The first-order valence-corrected chi connectivity index (χ1v) is 32.6. The molecule has 0 radical (unpaired) electrons.